The smallest absolute Gasteiger partial charge is 0.301 e. The lowest BCUT2D eigenvalue weighted by Gasteiger charge is -2.02. The van der Waals surface area contributed by atoms with Crippen molar-refractivity contribution in [1.82, 2.24) is 4.98 Å². The minimum absolute atomic E-state index is 0.183. The van der Waals surface area contributed by atoms with Crippen molar-refractivity contribution in [3.8, 4) is 0 Å². The van der Waals surface area contributed by atoms with Gasteiger partial charge in [-0.2, -0.15) is 4.98 Å². The van der Waals surface area contributed by atoms with E-state index in [4.69, 9.17) is 10.2 Å². The summed E-state index contributed by atoms with van der Waals surface area (Å²) in [4.78, 5) is 15.6. The Hall–Kier alpha value is -2.30. The zero-order valence-electron chi connectivity index (χ0n) is 9.43. The second kappa shape index (κ2) is 4.69. The predicted octanol–water partition coefficient (Wildman–Crippen LogP) is 1.75. The lowest BCUT2D eigenvalue weighted by Crippen LogP contribution is -2.14. The monoisotopic (exact) mass is 231 g/mol. The highest BCUT2D eigenvalue weighted by Crippen LogP contribution is 2.10. The molecule has 1 heterocycles. The molecule has 0 spiro atoms. The number of aromatic nitrogens is 1. The van der Waals surface area contributed by atoms with E-state index in [2.05, 4.69) is 10.3 Å². The molecule has 0 fully saturated rings. The Kier molecular flexibility index (Phi) is 3.09. The molecule has 5 nitrogen and oxygen atoms in total. The molecule has 1 aromatic carbocycles. The van der Waals surface area contributed by atoms with Crippen LogP contribution in [0.3, 0.4) is 0 Å². The van der Waals surface area contributed by atoms with Crippen LogP contribution in [0, 0.1) is 6.92 Å². The van der Waals surface area contributed by atoms with Gasteiger partial charge in [-0.05, 0) is 24.6 Å². The van der Waals surface area contributed by atoms with E-state index in [-0.39, 0.29) is 18.3 Å². The maximum absolute atomic E-state index is 11.7. The zero-order chi connectivity index (χ0) is 12.3. The summed E-state index contributed by atoms with van der Waals surface area (Å²) in [6.07, 6.45) is 1.72. The Bertz CT molecular complexity index is 534. The fraction of sp³-hybridized carbons (Fsp3) is 0.167. The average molecular weight is 231 g/mol. The largest absolute Gasteiger partial charge is 0.432 e. The first kappa shape index (κ1) is 11.2. The number of carbonyl (C=O) groups is 1. The number of hydrogen-bond donors (Lipinski definition) is 2. The molecular formula is C12H13N3O2. The average Bonchev–Trinajstić information content (AvgIpc) is 2.63. The molecule has 0 atom stereocenters. The number of aryl methyl sites for hydroxylation is 1. The molecule has 0 aliphatic rings. The number of nitrogens with zero attached hydrogens (tertiary/aromatic N) is 1. The van der Waals surface area contributed by atoms with Gasteiger partial charge in [0.15, 0.2) is 0 Å². The van der Waals surface area contributed by atoms with E-state index in [9.17, 15) is 4.79 Å². The van der Waals surface area contributed by atoms with Crippen LogP contribution >= 0.6 is 0 Å². The fourth-order valence-electron chi connectivity index (χ4n) is 1.46. The van der Waals surface area contributed by atoms with Crippen molar-refractivity contribution in [2.45, 2.75) is 13.3 Å². The summed E-state index contributed by atoms with van der Waals surface area (Å²) in [5, 5.41) is 2.57. The van der Waals surface area contributed by atoms with E-state index in [1.807, 2.05) is 12.1 Å². The molecule has 0 bridgehead atoms. The van der Waals surface area contributed by atoms with Crippen molar-refractivity contribution in [2.75, 3.05) is 11.1 Å². The number of benzene rings is 1. The van der Waals surface area contributed by atoms with Gasteiger partial charge in [-0.3, -0.25) is 10.1 Å². The zero-order valence-corrected chi connectivity index (χ0v) is 9.43. The lowest BCUT2D eigenvalue weighted by atomic mass is 10.1. The number of oxazole rings is 1. The molecule has 2 aromatic rings. The molecule has 3 N–H and O–H groups in total. The van der Waals surface area contributed by atoms with Crippen LogP contribution in [0.5, 0.6) is 0 Å². The van der Waals surface area contributed by atoms with Crippen LogP contribution in [0.25, 0.3) is 0 Å². The number of nitrogens with one attached hydrogen (secondary N) is 1. The quantitative estimate of drug-likeness (QED) is 0.788. The molecule has 2 rings (SSSR count). The Morgan fingerprint density at radius 1 is 1.53 bits per heavy atom. The summed E-state index contributed by atoms with van der Waals surface area (Å²) >= 11 is 0. The number of amides is 1. The topological polar surface area (TPSA) is 81.2 Å². The fourth-order valence-corrected chi connectivity index (χ4v) is 1.46. The van der Waals surface area contributed by atoms with Gasteiger partial charge in [-0.1, -0.05) is 12.1 Å². The third-order valence-corrected chi connectivity index (χ3v) is 2.18. The Labute approximate surface area is 98.6 Å². The molecule has 5 heteroatoms. The third kappa shape index (κ3) is 3.07. The highest BCUT2D eigenvalue weighted by atomic mass is 16.4. The molecule has 0 saturated carbocycles. The van der Waals surface area contributed by atoms with Gasteiger partial charge in [-0.15, -0.1) is 0 Å². The van der Waals surface area contributed by atoms with Crippen molar-refractivity contribution < 1.29 is 9.21 Å². The number of anilines is 2. The second-order valence-electron chi connectivity index (χ2n) is 3.76. The van der Waals surface area contributed by atoms with E-state index in [1.165, 1.54) is 6.26 Å². The Morgan fingerprint density at radius 2 is 2.35 bits per heavy atom. The highest BCUT2D eigenvalue weighted by molar-refractivity contribution is 5.90. The molecule has 0 aliphatic carbocycles. The number of carbonyl (C=O) groups excluding carboxylic acids is 1. The van der Waals surface area contributed by atoms with Crippen LogP contribution < -0.4 is 11.1 Å². The highest BCUT2D eigenvalue weighted by Gasteiger charge is 2.07. The van der Waals surface area contributed by atoms with Crippen LogP contribution in [0.2, 0.25) is 0 Å². The summed E-state index contributed by atoms with van der Waals surface area (Å²) in [7, 11) is 0. The summed E-state index contributed by atoms with van der Waals surface area (Å²) in [5.74, 6) is -0.183. The van der Waals surface area contributed by atoms with E-state index in [0.717, 1.165) is 11.3 Å². The molecule has 0 radical (unpaired) electrons. The van der Waals surface area contributed by atoms with Gasteiger partial charge in [-0.25, -0.2) is 0 Å². The molecule has 1 amide bonds. The van der Waals surface area contributed by atoms with Gasteiger partial charge in [0.25, 0.3) is 0 Å². The predicted molar refractivity (Wildman–Crippen MR) is 64.4 cm³/mol. The van der Waals surface area contributed by atoms with E-state index in [0.29, 0.717) is 5.69 Å². The maximum Gasteiger partial charge on any atom is 0.301 e. The Balaban J connectivity index is 1.98. The first-order chi connectivity index (χ1) is 8.13. The molecule has 1 aromatic heterocycles. The first-order valence-corrected chi connectivity index (χ1v) is 5.20. The molecule has 0 saturated heterocycles. The lowest BCUT2D eigenvalue weighted by molar-refractivity contribution is -0.115. The summed E-state index contributed by atoms with van der Waals surface area (Å²) in [6.45, 7) is 1.79. The van der Waals surface area contributed by atoms with E-state index in [1.54, 1.807) is 19.1 Å². The van der Waals surface area contributed by atoms with Gasteiger partial charge in [0, 0.05) is 5.69 Å². The van der Waals surface area contributed by atoms with Crippen molar-refractivity contribution in [3.63, 3.8) is 0 Å². The SMILES string of the molecule is Cc1coc(NC(=O)Cc2cccc(N)c2)n1. The van der Waals surface area contributed by atoms with Gasteiger partial charge in [0.2, 0.25) is 5.91 Å². The van der Waals surface area contributed by atoms with Crippen molar-refractivity contribution in [1.29, 1.82) is 0 Å². The standard InChI is InChI=1S/C12H13N3O2/c1-8-7-17-12(14-8)15-11(16)6-9-3-2-4-10(13)5-9/h2-5,7H,6,13H2,1H3,(H,14,15,16). The van der Waals surface area contributed by atoms with Gasteiger partial charge >= 0.3 is 6.01 Å². The van der Waals surface area contributed by atoms with E-state index >= 15 is 0 Å². The normalized spacial score (nSPS) is 10.2. The second-order valence-corrected chi connectivity index (χ2v) is 3.76. The number of nitrogens with two attached hydrogens (primary N) is 1. The van der Waals surface area contributed by atoms with Crippen LogP contribution in [0.15, 0.2) is 34.9 Å². The van der Waals surface area contributed by atoms with Gasteiger partial charge < -0.3 is 10.2 Å². The van der Waals surface area contributed by atoms with Crippen LogP contribution in [0.4, 0.5) is 11.7 Å². The first-order valence-electron chi connectivity index (χ1n) is 5.20. The van der Waals surface area contributed by atoms with Gasteiger partial charge in [0.05, 0.1) is 12.1 Å². The molecule has 0 unspecified atom stereocenters. The summed E-state index contributed by atoms with van der Waals surface area (Å²) in [5.41, 5.74) is 7.85. The molecule has 88 valence electrons. The maximum atomic E-state index is 11.7. The van der Waals surface area contributed by atoms with Crippen molar-refractivity contribution in [2.24, 2.45) is 0 Å². The van der Waals surface area contributed by atoms with Gasteiger partial charge in [0.1, 0.15) is 6.26 Å². The number of hydrogen-bond acceptors (Lipinski definition) is 4. The molecular weight excluding hydrogens is 218 g/mol. The van der Waals surface area contributed by atoms with Crippen molar-refractivity contribution in [3.05, 3.63) is 41.8 Å². The number of nitrogen functional groups attached to an aromatic ring is 1. The minimum Gasteiger partial charge on any atom is -0.432 e. The minimum atomic E-state index is -0.183. The number of rotatable bonds is 3. The van der Waals surface area contributed by atoms with Crippen LogP contribution in [0.1, 0.15) is 11.3 Å². The third-order valence-electron chi connectivity index (χ3n) is 2.18. The van der Waals surface area contributed by atoms with Crippen LogP contribution in [-0.2, 0) is 11.2 Å². The van der Waals surface area contributed by atoms with E-state index < -0.39 is 0 Å². The van der Waals surface area contributed by atoms with Crippen LogP contribution in [-0.4, -0.2) is 10.9 Å². The Morgan fingerprint density at radius 3 is 3.00 bits per heavy atom. The molecule has 0 aliphatic heterocycles. The van der Waals surface area contributed by atoms with Crippen molar-refractivity contribution >= 4 is 17.6 Å². The molecule has 17 heavy (non-hydrogen) atoms. The summed E-state index contributed by atoms with van der Waals surface area (Å²) in [6, 6.07) is 7.42. The summed E-state index contributed by atoms with van der Waals surface area (Å²) < 4.78 is 5.03.